The van der Waals surface area contributed by atoms with Crippen molar-refractivity contribution in [3.05, 3.63) is 11.4 Å². The summed E-state index contributed by atoms with van der Waals surface area (Å²) in [5.74, 6) is 0.409. The molecule has 6 heteroatoms. The summed E-state index contributed by atoms with van der Waals surface area (Å²) in [4.78, 5) is 12.0. The molecule has 1 saturated carbocycles. The van der Waals surface area contributed by atoms with E-state index in [1.165, 1.54) is 20.0 Å². The molecule has 1 N–H and O–H groups in total. The Labute approximate surface area is 125 Å². The van der Waals surface area contributed by atoms with E-state index in [-0.39, 0.29) is 12.0 Å². The summed E-state index contributed by atoms with van der Waals surface area (Å²) in [5, 5.41) is 11.9. The van der Waals surface area contributed by atoms with Gasteiger partial charge in [-0.05, 0) is 51.0 Å². The molecule has 0 amide bonds. The van der Waals surface area contributed by atoms with Crippen molar-refractivity contribution >= 4 is 5.97 Å². The van der Waals surface area contributed by atoms with Crippen LogP contribution in [0.15, 0.2) is 0 Å². The van der Waals surface area contributed by atoms with Crippen LogP contribution in [0.1, 0.15) is 73.7 Å². The zero-order valence-electron chi connectivity index (χ0n) is 12.8. The van der Waals surface area contributed by atoms with Crippen molar-refractivity contribution in [2.75, 3.05) is 13.7 Å². The van der Waals surface area contributed by atoms with E-state index in [1.807, 2.05) is 4.68 Å². The van der Waals surface area contributed by atoms with Crippen LogP contribution in [-0.2, 0) is 4.74 Å². The number of methoxy groups -OCH3 is 1. The molecule has 2 aliphatic rings. The average Bonchev–Trinajstić information content (AvgIpc) is 3.15. The monoisotopic (exact) mass is 292 g/mol. The van der Waals surface area contributed by atoms with Gasteiger partial charge in [0.25, 0.3) is 0 Å². The first-order valence-corrected chi connectivity index (χ1v) is 7.97. The maximum Gasteiger partial charge on any atom is 0.360 e. The standard InChI is InChI=1S/C15H24N4O2/c1-10-5-7-11(8-6-10)19-14(12-4-3-9-16-12)13(17-18-19)15(20)21-2/h10-12,16H,3-9H2,1-2H3. The Morgan fingerprint density at radius 2 is 2.05 bits per heavy atom. The Morgan fingerprint density at radius 3 is 2.67 bits per heavy atom. The number of nitrogens with zero attached hydrogens (tertiary/aromatic N) is 3. The second kappa shape index (κ2) is 6.13. The molecule has 1 aliphatic carbocycles. The Kier molecular flexibility index (Phi) is 4.24. The fraction of sp³-hybridized carbons (Fsp3) is 0.800. The predicted molar refractivity (Wildman–Crippen MR) is 78.0 cm³/mol. The highest BCUT2D eigenvalue weighted by atomic mass is 16.5. The van der Waals surface area contributed by atoms with Crippen molar-refractivity contribution in [3.63, 3.8) is 0 Å². The lowest BCUT2D eigenvalue weighted by Crippen LogP contribution is -2.25. The number of ether oxygens (including phenoxy) is 1. The van der Waals surface area contributed by atoms with Gasteiger partial charge in [0.05, 0.1) is 24.9 Å². The number of esters is 1. The predicted octanol–water partition coefficient (Wildman–Crippen LogP) is 2.24. The highest BCUT2D eigenvalue weighted by Crippen LogP contribution is 2.35. The quantitative estimate of drug-likeness (QED) is 0.865. The first kappa shape index (κ1) is 14.5. The van der Waals surface area contributed by atoms with Crippen LogP contribution in [0.5, 0.6) is 0 Å². The van der Waals surface area contributed by atoms with Crippen LogP contribution in [0.4, 0.5) is 0 Å². The zero-order valence-corrected chi connectivity index (χ0v) is 12.8. The van der Waals surface area contributed by atoms with E-state index >= 15 is 0 Å². The summed E-state index contributed by atoms with van der Waals surface area (Å²) in [5.41, 5.74) is 1.31. The molecule has 1 aromatic heterocycles. The third kappa shape index (κ3) is 2.81. The zero-order chi connectivity index (χ0) is 14.8. The number of hydrogen-bond acceptors (Lipinski definition) is 5. The lowest BCUT2D eigenvalue weighted by molar-refractivity contribution is 0.0591. The third-order valence-electron chi connectivity index (χ3n) is 4.83. The van der Waals surface area contributed by atoms with E-state index in [2.05, 4.69) is 22.6 Å². The number of rotatable bonds is 3. The summed E-state index contributed by atoms with van der Waals surface area (Å²) in [6.07, 6.45) is 6.82. The Morgan fingerprint density at radius 1 is 1.29 bits per heavy atom. The van der Waals surface area contributed by atoms with Crippen molar-refractivity contribution < 1.29 is 9.53 Å². The van der Waals surface area contributed by atoms with E-state index in [4.69, 9.17) is 4.74 Å². The van der Waals surface area contributed by atoms with Gasteiger partial charge in [0.15, 0.2) is 5.69 Å². The summed E-state index contributed by atoms with van der Waals surface area (Å²) in [7, 11) is 1.40. The van der Waals surface area contributed by atoms with Crippen LogP contribution in [0, 0.1) is 5.92 Å². The van der Waals surface area contributed by atoms with Gasteiger partial charge in [-0.3, -0.25) is 0 Å². The molecule has 1 atom stereocenters. The third-order valence-corrected chi connectivity index (χ3v) is 4.83. The van der Waals surface area contributed by atoms with E-state index < -0.39 is 0 Å². The second-order valence-corrected chi connectivity index (χ2v) is 6.32. The summed E-state index contributed by atoms with van der Waals surface area (Å²) < 4.78 is 6.87. The molecule has 1 saturated heterocycles. The number of nitrogens with one attached hydrogen (secondary N) is 1. The van der Waals surface area contributed by atoms with Crippen LogP contribution in [0.3, 0.4) is 0 Å². The molecule has 21 heavy (non-hydrogen) atoms. The van der Waals surface area contributed by atoms with Gasteiger partial charge in [-0.15, -0.1) is 5.10 Å². The lowest BCUT2D eigenvalue weighted by Gasteiger charge is -2.28. The van der Waals surface area contributed by atoms with Crippen molar-refractivity contribution in [2.24, 2.45) is 5.92 Å². The van der Waals surface area contributed by atoms with Crippen molar-refractivity contribution in [3.8, 4) is 0 Å². The van der Waals surface area contributed by atoms with Crippen LogP contribution in [0.25, 0.3) is 0 Å². The minimum Gasteiger partial charge on any atom is -0.464 e. The maximum atomic E-state index is 12.0. The highest BCUT2D eigenvalue weighted by molar-refractivity contribution is 5.88. The van der Waals surface area contributed by atoms with Crippen LogP contribution < -0.4 is 5.32 Å². The van der Waals surface area contributed by atoms with E-state index in [0.717, 1.165) is 43.8 Å². The molecule has 2 fully saturated rings. The fourth-order valence-electron chi connectivity index (χ4n) is 3.54. The minimum absolute atomic E-state index is 0.174. The number of carbonyl (C=O) groups excluding carboxylic acids is 1. The van der Waals surface area contributed by atoms with E-state index in [0.29, 0.717) is 11.7 Å². The molecule has 0 spiro atoms. The maximum absolute atomic E-state index is 12.0. The van der Waals surface area contributed by atoms with Crippen molar-refractivity contribution in [1.29, 1.82) is 0 Å². The van der Waals surface area contributed by atoms with Gasteiger partial charge in [0.2, 0.25) is 0 Å². The van der Waals surface area contributed by atoms with Gasteiger partial charge in [-0.2, -0.15) is 0 Å². The van der Waals surface area contributed by atoms with Crippen molar-refractivity contribution in [1.82, 2.24) is 20.3 Å². The van der Waals surface area contributed by atoms with E-state index in [1.54, 1.807) is 0 Å². The number of aromatic nitrogens is 3. The van der Waals surface area contributed by atoms with Gasteiger partial charge < -0.3 is 10.1 Å². The van der Waals surface area contributed by atoms with Gasteiger partial charge >= 0.3 is 5.97 Å². The number of carbonyl (C=O) groups is 1. The summed E-state index contributed by atoms with van der Waals surface area (Å²) >= 11 is 0. The Hall–Kier alpha value is -1.43. The largest absolute Gasteiger partial charge is 0.464 e. The molecule has 3 rings (SSSR count). The molecule has 0 bridgehead atoms. The average molecular weight is 292 g/mol. The van der Waals surface area contributed by atoms with Crippen LogP contribution in [0.2, 0.25) is 0 Å². The van der Waals surface area contributed by atoms with Crippen LogP contribution >= 0.6 is 0 Å². The van der Waals surface area contributed by atoms with Gasteiger partial charge in [0.1, 0.15) is 0 Å². The van der Waals surface area contributed by atoms with Gasteiger partial charge in [-0.1, -0.05) is 12.1 Å². The molecule has 1 unspecified atom stereocenters. The Balaban J connectivity index is 1.92. The summed E-state index contributed by atoms with van der Waals surface area (Å²) in [6.45, 7) is 3.29. The first-order valence-electron chi connectivity index (χ1n) is 7.97. The molecule has 0 aromatic carbocycles. The van der Waals surface area contributed by atoms with E-state index in [9.17, 15) is 4.79 Å². The van der Waals surface area contributed by atoms with Gasteiger partial charge in [-0.25, -0.2) is 9.48 Å². The number of hydrogen-bond donors (Lipinski definition) is 1. The molecule has 2 heterocycles. The molecule has 1 aliphatic heterocycles. The van der Waals surface area contributed by atoms with Crippen LogP contribution in [-0.4, -0.2) is 34.6 Å². The first-order chi connectivity index (χ1) is 10.2. The molecule has 6 nitrogen and oxygen atoms in total. The minimum atomic E-state index is -0.380. The highest BCUT2D eigenvalue weighted by Gasteiger charge is 2.32. The second-order valence-electron chi connectivity index (χ2n) is 6.32. The molecular formula is C15H24N4O2. The van der Waals surface area contributed by atoms with Crippen molar-refractivity contribution in [2.45, 2.75) is 57.5 Å². The smallest absolute Gasteiger partial charge is 0.360 e. The topological polar surface area (TPSA) is 69.0 Å². The Bertz CT molecular complexity index is 500. The summed E-state index contributed by atoms with van der Waals surface area (Å²) in [6, 6.07) is 0.540. The molecule has 1 aromatic rings. The fourth-order valence-corrected chi connectivity index (χ4v) is 3.54. The molecule has 0 radical (unpaired) electrons. The lowest BCUT2D eigenvalue weighted by atomic mass is 9.87. The van der Waals surface area contributed by atoms with Gasteiger partial charge in [0, 0.05) is 0 Å². The molecular weight excluding hydrogens is 268 g/mol. The SMILES string of the molecule is COC(=O)c1nnn(C2CCC(C)CC2)c1C1CCCN1. The molecule has 116 valence electrons. The normalized spacial score (nSPS) is 29.5.